The number of H-pyrrole nitrogens is 1. The van der Waals surface area contributed by atoms with Gasteiger partial charge in [-0.05, 0) is 12.1 Å². The van der Waals surface area contributed by atoms with Crippen LogP contribution in [0.5, 0.6) is 0 Å². The Hall–Kier alpha value is -2.04. The van der Waals surface area contributed by atoms with Crippen LogP contribution in [0.1, 0.15) is 10.6 Å². The Balaban J connectivity index is 2.49. The first-order chi connectivity index (χ1) is 7.20. The molecule has 0 aliphatic heterocycles. The Morgan fingerprint density at radius 2 is 2.13 bits per heavy atom. The zero-order chi connectivity index (χ0) is 10.8. The number of hydrogen-bond acceptors (Lipinski definition) is 2. The predicted molar refractivity (Wildman–Crippen MR) is 49.3 cm³/mol. The minimum absolute atomic E-state index is 0.105. The van der Waals surface area contributed by atoms with E-state index >= 15 is 0 Å². The quantitative estimate of drug-likeness (QED) is 0.768. The van der Waals surface area contributed by atoms with E-state index in [1.807, 2.05) is 0 Å². The standard InChI is InChI=1S/C10H6F2N2O/c11-6-1-2-7(8(12)3-6)9-4-13-10(5-15)14-9/h1-5H,(H,13,14). The van der Waals surface area contributed by atoms with Crippen molar-refractivity contribution in [1.29, 1.82) is 0 Å². The molecule has 1 heterocycles. The van der Waals surface area contributed by atoms with Gasteiger partial charge >= 0.3 is 0 Å². The molecule has 3 nitrogen and oxygen atoms in total. The normalized spacial score (nSPS) is 10.3. The lowest BCUT2D eigenvalue weighted by molar-refractivity contribution is 0.111. The lowest BCUT2D eigenvalue weighted by atomic mass is 10.1. The van der Waals surface area contributed by atoms with Crippen LogP contribution < -0.4 is 0 Å². The first-order valence-electron chi connectivity index (χ1n) is 4.16. The maximum Gasteiger partial charge on any atom is 0.185 e. The Labute approximate surface area is 83.8 Å². The summed E-state index contributed by atoms with van der Waals surface area (Å²) in [6.45, 7) is 0. The molecule has 1 aromatic heterocycles. The third kappa shape index (κ3) is 1.76. The van der Waals surface area contributed by atoms with Crippen molar-refractivity contribution in [3.63, 3.8) is 0 Å². The van der Waals surface area contributed by atoms with Crippen LogP contribution in [0, 0.1) is 11.6 Å². The van der Waals surface area contributed by atoms with Crippen LogP contribution in [0.25, 0.3) is 11.3 Å². The second-order valence-corrected chi connectivity index (χ2v) is 2.92. The molecule has 0 saturated carbocycles. The number of carbonyl (C=O) groups is 1. The van der Waals surface area contributed by atoms with Gasteiger partial charge in [-0.25, -0.2) is 13.8 Å². The summed E-state index contributed by atoms with van der Waals surface area (Å²) in [5.74, 6) is -1.24. The Morgan fingerprint density at radius 1 is 1.33 bits per heavy atom. The van der Waals surface area contributed by atoms with E-state index < -0.39 is 11.6 Å². The number of aromatic amines is 1. The van der Waals surface area contributed by atoms with Gasteiger partial charge in [0.25, 0.3) is 0 Å². The van der Waals surface area contributed by atoms with Crippen LogP contribution in [0.3, 0.4) is 0 Å². The molecule has 1 N–H and O–H groups in total. The van der Waals surface area contributed by atoms with Gasteiger partial charge in [-0.3, -0.25) is 4.79 Å². The van der Waals surface area contributed by atoms with Crippen LogP contribution in [0.4, 0.5) is 8.78 Å². The van der Waals surface area contributed by atoms with E-state index in [1.54, 1.807) is 0 Å². The summed E-state index contributed by atoms with van der Waals surface area (Å²) in [5.41, 5.74) is 0.520. The van der Waals surface area contributed by atoms with Crippen LogP contribution in [-0.2, 0) is 0 Å². The minimum Gasteiger partial charge on any atom is -0.336 e. The molecule has 15 heavy (non-hydrogen) atoms. The van der Waals surface area contributed by atoms with Crippen molar-refractivity contribution in [3.8, 4) is 11.3 Å². The number of hydrogen-bond donors (Lipinski definition) is 1. The summed E-state index contributed by atoms with van der Waals surface area (Å²) in [5, 5.41) is 0. The van der Waals surface area contributed by atoms with E-state index in [-0.39, 0.29) is 11.4 Å². The van der Waals surface area contributed by atoms with Crippen molar-refractivity contribution in [2.75, 3.05) is 0 Å². The number of aldehydes is 1. The molecule has 0 aliphatic carbocycles. The van der Waals surface area contributed by atoms with Crippen molar-refractivity contribution in [2.24, 2.45) is 0 Å². The van der Waals surface area contributed by atoms with Gasteiger partial charge in [0.15, 0.2) is 12.1 Å². The number of benzene rings is 1. The van der Waals surface area contributed by atoms with Gasteiger partial charge in [0, 0.05) is 11.6 Å². The largest absolute Gasteiger partial charge is 0.336 e. The molecule has 0 spiro atoms. The zero-order valence-corrected chi connectivity index (χ0v) is 7.50. The Kier molecular flexibility index (Phi) is 2.29. The fraction of sp³-hybridized carbons (Fsp3) is 0. The SMILES string of the molecule is O=Cc1ncc(-c2ccc(F)cc2F)[nH]1. The molecule has 1 aromatic carbocycles. The second-order valence-electron chi connectivity index (χ2n) is 2.92. The van der Waals surface area contributed by atoms with E-state index in [0.717, 1.165) is 12.1 Å². The topological polar surface area (TPSA) is 45.8 Å². The second kappa shape index (κ2) is 3.61. The van der Waals surface area contributed by atoms with Gasteiger partial charge in [-0.1, -0.05) is 0 Å². The molecule has 0 unspecified atom stereocenters. The molecule has 0 saturated heterocycles. The van der Waals surface area contributed by atoms with E-state index in [9.17, 15) is 13.6 Å². The average Bonchev–Trinajstić information content (AvgIpc) is 2.66. The zero-order valence-electron chi connectivity index (χ0n) is 7.50. The maximum absolute atomic E-state index is 13.3. The molecule has 0 radical (unpaired) electrons. The van der Waals surface area contributed by atoms with Gasteiger partial charge in [0.05, 0.1) is 11.9 Å². The van der Waals surface area contributed by atoms with Crippen molar-refractivity contribution in [3.05, 3.63) is 41.9 Å². The highest BCUT2D eigenvalue weighted by atomic mass is 19.1. The summed E-state index contributed by atoms with van der Waals surface area (Å²) in [6, 6.07) is 3.20. The van der Waals surface area contributed by atoms with Crippen LogP contribution in [0.15, 0.2) is 24.4 Å². The molecule has 0 bridgehead atoms. The summed E-state index contributed by atoms with van der Waals surface area (Å²) in [4.78, 5) is 16.6. The van der Waals surface area contributed by atoms with Crippen molar-refractivity contribution < 1.29 is 13.6 Å². The van der Waals surface area contributed by atoms with Gasteiger partial charge in [0.1, 0.15) is 11.6 Å². The lowest BCUT2D eigenvalue weighted by Gasteiger charge is -1.99. The van der Waals surface area contributed by atoms with E-state index in [0.29, 0.717) is 12.0 Å². The first-order valence-corrected chi connectivity index (χ1v) is 4.16. The van der Waals surface area contributed by atoms with Crippen LogP contribution in [-0.4, -0.2) is 16.3 Å². The molecule has 0 amide bonds. The fourth-order valence-electron chi connectivity index (χ4n) is 1.24. The highest BCUT2D eigenvalue weighted by Crippen LogP contribution is 2.21. The number of nitrogens with zero attached hydrogens (tertiary/aromatic N) is 1. The molecule has 2 aromatic rings. The summed E-state index contributed by atoms with van der Waals surface area (Å²) < 4.78 is 25.9. The summed E-state index contributed by atoms with van der Waals surface area (Å²) in [6.07, 6.45) is 1.84. The molecular formula is C10H6F2N2O. The van der Waals surface area contributed by atoms with Crippen LogP contribution >= 0.6 is 0 Å². The summed E-state index contributed by atoms with van der Waals surface area (Å²) in [7, 11) is 0. The third-order valence-electron chi connectivity index (χ3n) is 1.93. The predicted octanol–water partition coefficient (Wildman–Crippen LogP) is 2.17. The number of halogens is 2. The highest BCUT2D eigenvalue weighted by Gasteiger charge is 2.08. The first kappa shape index (κ1) is 9.51. The molecule has 2 rings (SSSR count). The van der Waals surface area contributed by atoms with Crippen molar-refractivity contribution >= 4 is 6.29 Å². The number of rotatable bonds is 2. The lowest BCUT2D eigenvalue weighted by Crippen LogP contribution is -1.87. The Bertz CT molecular complexity index is 508. The van der Waals surface area contributed by atoms with Crippen molar-refractivity contribution in [2.45, 2.75) is 0 Å². The number of aromatic nitrogens is 2. The van der Waals surface area contributed by atoms with Crippen molar-refractivity contribution in [1.82, 2.24) is 9.97 Å². The average molecular weight is 208 g/mol. The van der Waals surface area contributed by atoms with Crippen LogP contribution in [0.2, 0.25) is 0 Å². The maximum atomic E-state index is 13.3. The molecule has 0 aliphatic rings. The number of nitrogens with one attached hydrogen (secondary N) is 1. The monoisotopic (exact) mass is 208 g/mol. The molecule has 0 fully saturated rings. The van der Waals surface area contributed by atoms with Gasteiger partial charge in [-0.2, -0.15) is 0 Å². The number of carbonyl (C=O) groups excluding carboxylic acids is 1. The molecule has 0 atom stereocenters. The molecular weight excluding hydrogens is 202 g/mol. The number of imidazole rings is 1. The molecule has 5 heteroatoms. The smallest absolute Gasteiger partial charge is 0.185 e. The molecule has 76 valence electrons. The Morgan fingerprint density at radius 3 is 2.73 bits per heavy atom. The highest BCUT2D eigenvalue weighted by molar-refractivity contribution is 5.71. The van der Waals surface area contributed by atoms with E-state index in [2.05, 4.69) is 9.97 Å². The van der Waals surface area contributed by atoms with E-state index in [1.165, 1.54) is 12.3 Å². The summed E-state index contributed by atoms with van der Waals surface area (Å²) >= 11 is 0. The fourth-order valence-corrected chi connectivity index (χ4v) is 1.24. The van der Waals surface area contributed by atoms with Gasteiger partial charge in [-0.15, -0.1) is 0 Å². The van der Waals surface area contributed by atoms with E-state index in [4.69, 9.17) is 0 Å². The van der Waals surface area contributed by atoms with Gasteiger partial charge in [0.2, 0.25) is 0 Å². The minimum atomic E-state index is -0.698. The van der Waals surface area contributed by atoms with Gasteiger partial charge < -0.3 is 4.98 Å². The third-order valence-corrected chi connectivity index (χ3v) is 1.93.